The van der Waals surface area contributed by atoms with Crippen LogP contribution in [0.2, 0.25) is 0 Å². The molecule has 0 saturated carbocycles. The van der Waals surface area contributed by atoms with Crippen LogP contribution in [-0.4, -0.2) is 43.0 Å². The van der Waals surface area contributed by atoms with Gasteiger partial charge >= 0.3 is 0 Å². The number of carbonyl (C=O) groups is 2. The van der Waals surface area contributed by atoms with Crippen molar-refractivity contribution in [3.8, 4) is 0 Å². The molecule has 0 spiro atoms. The molecule has 5 nitrogen and oxygen atoms in total. The second-order valence-corrected chi connectivity index (χ2v) is 6.89. The highest BCUT2D eigenvalue weighted by Crippen LogP contribution is 2.36. The number of likely N-dealkylation sites (tertiary alicyclic amines) is 1. The third-order valence-corrected chi connectivity index (χ3v) is 5.14. The molecule has 1 N–H and O–H groups in total. The van der Waals surface area contributed by atoms with Crippen LogP contribution in [0.5, 0.6) is 0 Å². The van der Waals surface area contributed by atoms with Crippen molar-refractivity contribution in [2.75, 3.05) is 20.2 Å². The Morgan fingerprint density at radius 2 is 2.04 bits per heavy atom. The zero-order valence-corrected chi connectivity index (χ0v) is 14.5. The van der Waals surface area contributed by atoms with Crippen LogP contribution in [0.3, 0.4) is 0 Å². The maximum Gasteiger partial charge on any atom is 0.225 e. The minimum atomic E-state index is -0.211. The van der Waals surface area contributed by atoms with Gasteiger partial charge in [0.2, 0.25) is 11.8 Å². The summed E-state index contributed by atoms with van der Waals surface area (Å²) in [6.07, 6.45) is 3.23. The Balaban J connectivity index is 1.74. The molecule has 0 unspecified atom stereocenters. The van der Waals surface area contributed by atoms with E-state index in [-0.39, 0.29) is 29.9 Å². The Morgan fingerprint density at radius 1 is 1.29 bits per heavy atom. The second kappa shape index (κ2) is 7.34. The molecular formula is C19H26N2O3. The smallest absolute Gasteiger partial charge is 0.225 e. The van der Waals surface area contributed by atoms with Crippen molar-refractivity contribution in [3.05, 3.63) is 35.4 Å². The first-order valence-electron chi connectivity index (χ1n) is 8.78. The van der Waals surface area contributed by atoms with Gasteiger partial charge in [0.25, 0.3) is 0 Å². The Labute approximate surface area is 143 Å². The van der Waals surface area contributed by atoms with Crippen molar-refractivity contribution in [2.45, 2.75) is 44.8 Å². The van der Waals surface area contributed by atoms with Gasteiger partial charge in [0.1, 0.15) is 0 Å². The molecule has 2 fully saturated rings. The van der Waals surface area contributed by atoms with Crippen molar-refractivity contribution in [1.82, 2.24) is 10.2 Å². The lowest BCUT2D eigenvalue weighted by molar-refractivity contribution is -0.141. The average Bonchev–Trinajstić information content (AvgIpc) is 3.09. The number of nitrogens with zero attached hydrogens (tertiary/aromatic N) is 1. The fraction of sp³-hybridized carbons (Fsp3) is 0.579. The van der Waals surface area contributed by atoms with Crippen molar-refractivity contribution < 1.29 is 14.3 Å². The summed E-state index contributed by atoms with van der Waals surface area (Å²) in [6.45, 7) is 3.38. The molecule has 130 valence electrons. The van der Waals surface area contributed by atoms with Gasteiger partial charge in [-0.15, -0.1) is 0 Å². The van der Waals surface area contributed by atoms with Crippen molar-refractivity contribution >= 4 is 11.8 Å². The van der Waals surface area contributed by atoms with Gasteiger partial charge in [-0.2, -0.15) is 0 Å². The summed E-state index contributed by atoms with van der Waals surface area (Å²) in [5.41, 5.74) is 2.19. The van der Waals surface area contributed by atoms with Gasteiger partial charge in [0, 0.05) is 26.6 Å². The van der Waals surface area contributed by atoms with E-state index in [4.69, 9.17) is 4.74 Å². The summed E-state index contributed by atoms with van der Waals surface area (Å²) >= 11 is 0. The van der Waals surface area contributed by atoms with Crippen molar-refractivity contribution in [3.63, 3.8) is 0 Å². The number of carbonyl (C=O) groups excluding carboxylic acids is 2. The van der Waals surface area contributed by atoms with E-state index in [0.717, 1.165) is 25.0 Å². The van der Waals surface area contributed by atoms with E-state index in [0.29, 0.717) is 19.4 Å². The largest absolute Gasteiger partial charge is 0.376 e. The molecule has 0 bridgehead atoms. The fourth-order valence-electron chi connectivity index (χ4n) is 3.68. The van der Waals surface area contributed by atoms with Crippen molar-refractivity contribution in [1.29, 1.82) is 0 Å². The predicted molar refractivity (Wildman–Crippen MR) is 91.4 cm³/mol. The fourth-order valence-corrected chi connectivity index (χ4v) is 3.68. The van der Waals surface area contributed by atoms with E-state index in [1.165, 1.54) is 5.56 Å². The number of nitrogens with one attached hydrogen (secondary N) is 1. The highest BCUT2D eigenvalue weighted by Gasteiger charge is 2.38. The minimum absolute atomic E-state index is 0.0235. The van der Waals surface area contributed by atoms with Crippen LogP contribution >= 0.6 is 0 Å². The Kier molecular flexibility index (Phi) is 5.19. The molecule has 0 aromatic heterocycles. The maximum absolute atomic E-state index is 12.8. The number of benzene rings is 1. The molecule has 2 amide bonds. The lowest BCUT2D eigenvalue weighted by Gasteiger charge is -2.38. The predicted octanol–water partition coefficient (Wildman–Crippen LogP) is 2.20. The SMILES string of the molecule is Cc1ccc([C@@H]2[C@@H](C(=O)NC[C@H]3CCCO3)CCC(=O)N2C)cc1. The van der Waals surface area contributed by atoms with E-state index in [1.807, 2.05) is 31.2 Å². The molecule has 2 aliphatic heterocycles. The molecule has 3 rings (SSSR count). The first-order chi connectivity index (χ1) is 11.6. The normalized spacial score (nSPS) is 27.3. The monoisotopic (exact) mass is 330 g/mol. The molecule has 2 aliphatic rings. The van der Waals surface area contributed by atoms with Gasteiger partial charge in [-0.25, -0.2) is 0 Å². The standard InChI is InChI=1S/C19H26N2O3/c1-13-5-7-14(8-6-13)18-16(9-10-17(22)21(18)2)19(23)20-12-15-4-3-11-24-15/h5-8,15-16,18H,3-4,9-12H2,1-2H3,(H,20,23)/t15-,16+,18-/m1/s1. The topological polar surface area (TPSA) is 58.6 Å². The van der Waals surface area contributed by atoms with Gasteiger partial charge in [-0.3, -0.25) is 9.59 Å². The lowest BCUT2D eigenvalue weighted by Crippen LogP contribution is -2.47. The van der Waals surface area contributed by atoms with Gasteiger partial charge in [0.05, 0.1) is 18.1 Å². The summed E-state index contributed by atoms with van der Waals surface area (Å²) in [4.78, 5) is 26.6. The third-order valence-electron chi connectivity index (χ3n) is 5.14. The minimum Gasteiger partial charge on any atom is -0.376 e. The number of rotatable bonds is 4. The first-order valence-corrected chi connectivity index (χ1v) is 8.78. The van der Waals surface area contributed by atoms with Crippen LogP contribution in [0.25, 0.3) is 0 Å². The molecule has 1 aromatic carbocycles. The van der Waals surface area contributed by atoms with Gasteiger partial charge in [-0.05, 0) is 31.7 Å². The molecule has 0 aliphatic carbocycles. The summed E-state index contributed by atoms with van der Waals surface area (Å²) < 4.78 is 5.57. The number of piperidine rings is 1. The van der Waals surface area contributed by atoms with Crippen LogP contribution < -0.4 is 5.32 Å². The molecule has 0 radical (unpaired) electrons. The second-order valence-electron chi connectivity index (χ2n) is 6.89. The van der Waals surface area contributed by atoms with Crippen LogP contribution in [0, 0.1) is 12.8 Å². The summed E-state index contributed by atoms with van der Waals surface area (Å²) in [5, 5.41) is 3.04. The summed E-state index contributed by atoms with van der Waals surface area (Å²) in [6, 6.07) is 7.91. The Hall–Kier alpha value is -1.88. The number of amides is 2. The van der Waals surface area contributed by atoms with Crippen LogP contribution in [0.15, 0.2) is 24.3 Å². The van der Waals surface area contributed by atoms with Gasteiger partial charge in [-0.1, -0.05) is 29.8 Å². The van der Waals surface area contributed by atoms with E-state index < -0.39 is 0 Å². The van der Waals surface area contributed by atoms with Crippen LogP contribution in [0.4, 0.5) is 0 Å². The van der Waals surface area contributed by atoms with E-state index in [1.54, 1.807) is 11.9 Å². The first kappa shape index (κ1) is 17.0. The lowest BCUT2D eigenvalue weighted by atomic mass is 9.83. The number of hydrogen-bond acceptors (Lipinski definition) is 3. The quantitative estimate of drug-likeness (QED) is 0.921. The molecule has 5 heteroatoms. The van der Waals surface area contributed by atoms with E-state index in [9.17, 15) is 9.59 Å². The van der Waals surface area contributed by atoms with Crippen molar-refractivity contribution in [2.24, 2.45) is 5.92 Å². The van der Waals surface area contributed by atoms with Crippen LogP contribution in [0.1, 0.15) is 42.9 Å². The molecular weight excluding hydrogens is 304 g/mol. The Morgan fingerprint density at radius 3 is 2.71 bits per heavy atom. The molecule has 24 heavy (non-hydrogen) atoms. The summed E-state index contributed by atoms with van der Waals surface area (Å²) in [7, 11) is 1.80. The number of hydrogen-bond donors (Lipinski definition) is 1. The average molecular weight is 330 g/mol. The maximum atomic E-state index is 12.8. The molecule has 1 aromatic rings. The summed E-state index contributed by atoms with van der Waals surface area (Å²) in [5.74, 6) is -0.0871. The highest BCUT2D eigenvalue weighted by molar-refractivity contribution is 5.84. The van der Waals surface area contributed by atoms with Crippen LogP contribution in [-0.2, 0) is 14.3 Å². The molecule has 2 saturated heterocycles. The molecule has 3 atom stereocenters. The van der Waals surface area contributed by atoms with E-state index >= 15 is 0 Å². The highest BCUT2D eigenvalue weighted by atomic mass is 16.5. The number of ether oxygens (including phenoxy) is 1. The zero-order chi connectivity index (χ0) is 17.1. The zero-order valence-electron chi connectivity index (χ0n) is 14.5. The third kappa shape index (κ3) is 3.61. The van der Waals surface area contributed by atoms with E-state index in [2.05, 4.69) is 5.32 Å². The van der Waals surface area contributed by atoms with Gasteiger partial charge < -0.3 is 15.0 Å². The molecule has 2 heterocycles. The van der Waals surface area contributed by atoms with Gasteiger partial charge in [0.15, 0.2) is 0 Å². The Bertz CT molecular complexity index is 593. The number of aryl methyl sites for hydroxylation is 1.